The van der Waals surface area contributed by atoms with Crippen LogP contribution in [0.1, 0.15) is 6.92 Å². The second-order valence-electron chi connectivity index (χ2n) is 1.91. The van der Waals surface area contributed by atoms with Gasteiger partial charge < -0.3 is 14.3 Å². The smallest absolute Gasteiger partial charge is 0.0701 e. The lowest BCUT2D eigenvalue weighted by Crippen LogP contribution is -2.19. The van der Waals surface area contributed by atoms with Crippen molar-refractivity contribution in [1.29, 1.82) is 0 Å². The zero-order valence-electron chi connectivity index (χ0n) is 7.26. The summed E-state index contributed by atoms with van der Waals surface area (Å²) >= 11 is 0. The van der Waals surface area contributed by atoms with Gasteiger partial charge in [0.15, 0.2) is 0 Å². The Morgan fingerprint density at radius 3 is 2.45 bits per heavy atom. The van der Waals surface area contributed by atoms with E-state index in [2.05, 4.69) is 10.3 Å². The second-order valence-corrected chi connectivity index (χ2v) is 1.91. The number of ether oxygens (including phenoxy) is 2. The Kier molecular flexibility index (Phi) is 9.70. The van der Waals surface area contributed by atoms with E-state index in [-0.39, 0.29) is 0 Å². The van der Waals surface area contributed by atoms with Gasteiger partial charge in [0, 0.05) is 13.2 Å². The maximum Gasteiger partial charge on any atom is 0.0701 e. The molecule has 4 heteroatoms. The molecule has 68 valence electrons. The summed E-state index contributed by atoms with van der Waals surface area (Å²) in [6, 6.07) is 0. The SMILES string of the molecule is CCOCCOCCNOC. The number of rotatable bonds is 8. The Hall–Kier alpha value is -0.160. The molecule has 11 heavy (non-hydrogen) atoms. The Balaban J connectivity index is 2.69. The van der Waals surface area contributed by atoms with E-state index in [0.29, 0.717) is 26.4 Å². The summed E-state index contributed by atoms with van der Waals surface area (Å²) in [7, 11) is 1.58. The van der Waals surface area contributed by atoms with E-state index >= 15 is 0 Å². The molecule has 0 fully saturated rings. The normalized spacial score (nSPS) is 10.4. The minimum atomic E-state index is 0.652. The highest BCUT2D eigenvalue weighted by atomic mass is 16.6. The fourth-order valence-electron chi connectivity index (χ4n) is 0.580. The van der Waals surface area contributed by atoms with Crippen LogP contribution in [-0.4, -0.2) is 40.1 Å². The van der Waals surface area contributed by atoms with Crippen LogP contribution in [0.5, 0.6) is 0 Å². The van der Waals surface area contributed by atoms with Crippen LogP contribution in [0.15, 0.2) is 0 Å². The lowest BCUT2D eigenvalue weighted by molar-refractivity contribution is 0.0286. The first-order valence-corrected chi connectivity index (χ1v) is 3.83. The Bertz CT molecular complexity index is 62.7. The predicted molar refractivity (Wildman–Crippen MR) is 42.3 cm³/mol. The van der Waals surface area contributed by atoms with Crippen molar-refractivity contribution in [3.8, 4) is 0 Å². The van der Waals surface area contributed by atoms with Crippen LogP contribution < -0.4 is 5.48 Å². The highest BCUT2D eigenvalue weighted by Crippen LogP contribution is 1.76. The monoisotopic (exact) mass is 163 g/mol. The molecule has 0 radical (unpaired) electrons. The topological polar surface area (TPSA) is 39.7 Å². The summed E-state index contributed by atoms with van der Waals surface area (Å²) in [6.45, 7) is 5.40. The summed E-state index contributed by atoms with van der Waals surface area (Å²) < 4.78 is 10.2. The van der Waals surface area contributed by atoms with Gasteiger partial charge in [0.05, 0.1) is 26.9 Å². The van der Waals surface area contributed by atoms with Crippen LogP contribution in [0.4, 0.5) is 0 Å². The van der Waals surface area contributed by atoms with Crippen molar-refractivity contribution in [3.05, 3.63) is 0 Å². The lowest BCUT2D eigenvalue weighted by atomic mass is 10.7. The maximum atomic E-state index is 5.17. The Morgan fingerprint density at radius 2 is 1.82 bits per heavy atom. The molecule has 0 atom stereocenters. The minimum Gasteiger partial charge on any atom is -0.379 e. The molecule has 0 aliphatic heterocycles. The molecular formula is C7H17NO3. The maximum absolute atomic E-state index is 5.17. The van der Waals surface area contributed by atoms with E-state index in [9.17, 15) is 0 Å². The molecule has 0 aromatic carbocycles. The van der Waals surface area contributed by atoms with Crippen molar-refractivity contribution in [2.24, 2.45) is 0 Å². The molecule has 4 nitrogen and oxygen atoms in total. The summed E-state index contributed by atoms with van der Waals surface area (Å²) in [5.74, 6) is 0. The van der Waals surface area contributed by atoms with E-state index in [4.69, 9.17) is 9.47 Å². The standard InChI is InChI=1S/C7H17NO3/c1-3-10-6-7-11-5-4-8-9-2/h8H,3-7H2,1-2H3. The minimum absolute atomic E-state index is 0.652. The van der Waals surface area contributed by atoms with Gasteiger partial charge in [-0.25, -0.2) is 5.48 Å². The van der Waals surface area contributed by atoms with Crippen LogP contribution in [-0.2, 0) is 14.3 Å². The van der Waals surface area contributed by atoms with Gasteiger partial charge in [-0.15, -0.1) is 0 Å². The van der Waals surface area contributed by atoms with Crippen molar-refractivity contribution in [3.63, 3.8) is 0 Å². The van der Waals surface area contributed by atoms with Gasteiger partial charge in [0.1, 0.15) is 0 Å². The summed E-state index contributed by atoms with van der Waals surface area (Å²) in [5, 5.41) is 0. The molecule has 0 amide bonds. The van der Waals surface area contributed by atoms with E-state index in [1.165, 1.54) is 0 Å². The largest absolute Gasteiger partial charge is 0.379 e. The van der Waals surface area contributed by atoms with Gasteiger partial charge in [0.2, 0.25) is 0 Å². The first-order valence-electron chi connectivity index (χ1n) is 3.83. The van der Waals surface area contributed by atoms with E-state index in [1.807, 2.05) is 6.92 Å². The van der Waals surface area contributed by atoms with Crippen molar-refractivity contribution >= 4 is 0 Å². The van der Waals surface area contributed by atoms with Crippen molar-refractivity contribution in [2.75, 3.05) is 40.1 Å². The average molecular weight is 163 g/mol. The molecule has 0 saturated heterocycles. The summed E-state index contributed by atoms with van der Waals surface area (Å²) in [6.07, 6.45) is 0. The number of hydroxylamine groups is 1. The number of nitrogens with one attached hydrogen (secondary N) is 1. The molecule has 0 spiro atoms. The zero-order valence-corrected chi connectivity index (χ0v) is 7.26. The predicted octanol–water partition coefficient (Wildman–Crippen LogP) is 0.190. The second kappa shape index (κ2) is 9.84. The number of hydrogen-bond donors (Lipinski definition) is 1. The molecule has 0 aromatic heterocycles. The van der Waals surface area contributed by atoms with Gasteiger partial charge in [-0.1, -0.05) is 0 Å². The lowest BCUT2D eigenvalue weighted by Gasteiger charge is -2.03. The van der Waals surface area contributed by atoms with Crippen LogP contribution in [0.2, 0.25) is 0 Å². The number of hydrogen-bond acceptors (Lipinski definition) is 4. The van der Waals surface area contributed by atoms with Crippen LogP contribution in [0, 0.1) is 0 Å². The molecule has 0 saturated carbocycles. The van der Waals surface area contributed by atoms with E-state index < -0.39 is 0 Å². The molecule has 0 heterocycles. The molecule has 0 aliphatic rings. The van der Waals surface area contributed by atoms with Gasteiger partial charge >= 0.3 is 0 Å². The quantitative estimate of drug-likeness (QED) is 0.409. The van der Waals surface area contributed by atoms with Gasteiger partial charge in [-0.3, -0.25) is 0 Å². The molecular weight excluding hydrogens is 146 g/mol. The highest BCUT2D eigenvalue weighted by molar-refractivity contribution is 4.33. The van der Waals surface area contributed by atoms with E-state index in [0.717, 1.165) is 6.61 Å². The van der Waals surface area contributed by atoms with Gasteiger partial charge in [-0.05, 0) is 6.92 Å². The molecule has 0 rings (SSSR count). The van der Waals surface area contributed by atoms with Crippen molar-refractivity contribution in [2.45, 2.75) is 6.92 Å². The molecule has 0 aliphatic carbocycles. The van der Waals surface area contributed by atoms with Crippen LogP contribution in [0.3, 0.4) is 0 Å². The Labute approximate surface area is 67.8 Å². The highest BCUT2D eigenvalue weighted by Gasteiger charge is 1.87. The van der Waals surface area contributed by atoms with E-state index in [1.54, 1.807) is 7.11 Å². The first kappa shape index (κ1) is 10.8. The third-order valence-electron chi connectivity index (χ3n) is 1.07. The third-order valence-corrected chi connectivity index (χ3v) is 1.07. The summed E-state index contributed by atoms with van der Waals surface area (Å²) in [5.41, 5.74) is 2.67. The van der Waals surface area contributed by atoms with Crippen molar-refractivity contribution in [1.82, 2.24) is 5.48 Å². The fourth-order valence-corrected chi connectivity index (χ4v) is 0.580. The first-order chi connectivity index (χ1) is 5.41. The molecule has 0 aromatic rings. The summed E-state index contributed by atoms with van der Waals surface area (Å²) in [4.78, 5) is 4.61. The average Bonchev–Trinajstić information content (AvgIpc) is 2.03. The third kappa shape index (κ3) is 9.84. The molecule has 0 bridgehead atoms. The van der Waals surface area contributed by atoms with Gasteiger partial charge in [-0.2, -0.15) is 0 Å². The Morgan fingerprint density at radius 1 is 1.09 bits per heavy atom. The fraction of sp³-hybridized carbons (Fsp3) is 1.00. The zero-order chi connectivity index (χ0) is 8.36. The van der Waals surface area contributed by atoms with Crippen molar-refractivity contribution < 1.29 is 14.3 Å². The van der Waals surface area contributed by atoms with Crippen LogP contribution in [0.25, 0.3) is 0 Å². The van der Waals surface area contributed by atoms with Gasteiger partial charge in [0.25, 0.3) is 0 Å². The molecule has 0 unspecified atom stereocenters. The molecule has 1 N–H and O–H groups in total. The van der Waals surface area contributed by atoms with Crippen LogP contribution >= 0.6 is 0 Å².